The predicted molar refractivity (Wildman–Crippen MR) is 110 cm³/mol. The van der Waals surface area contributed by atoms with Gasteiger partial charge >= 0.3 is 11.9 Å². The topological polar surface area (TPSA) is 134 Å². The van der Waals surface area contributed by atoms with E-state index in [-0.39, 0.29) is 36.7 Å². The number of aromatic hydroxyl groups is 2. The van der Waals surface area contributed by atoms with Crippen LogP contribution in [-0.2, 0) is 18.0 Å². The summed E-state index contributed by atoms with van der Waals surface area (Å²) in [5.74, 6) is -0.287. The number of carbonyl (C=O) groups is 2. The van der Waals surface area contributed by atoms with Crippen molar-refractivity contribution in [2.24, 2.45) is 0 Å². The van der Waals surface area contributed by atoms with Gasteiger partial charge in [0.05, 0.1) is 24.1 Å². The van der Waals surface area contributed by atoms with Crippen molar-refractivity contribution in [1.29, 1.82) is 0 Å². The molecule has 0 aliphatic carbocycles. The van der Waals surface area contributed by atoms with Crippen LogP contribution in [0.2, 0.25) is 0 Å². The quantitative estimate of drug-likeness (QED) is 0.492. The van der Waals surface area contributed by atoms with Gasteiger partial charge in [-0.05, 0) is 55.0 Å². The van der Waals surface area contributed by atoms with Gasteiger partial charge < -0.3 is 28.8 Å². The number of aliphatic hydroxyl groups is 2. The molecule has 0 fully saturated rings. The first kappa shape index (κ1) is 26.6. The Kier molecular flexibility index (Phi) is 15.2. The molecule has 0 heterocycles. The summed E-state index contributed by atoms with van der Waals surface area (Å²) < 4.78 is 9.33. The van der Waals surface area contributed by atoms with E-state index in [2.05, 4.69) is 8.37 Å². The number of benzene rings is 2. The van der Waals surface area contributed by atoms with Gasteiger partial charge in [0.25, 0.3) is 0 Å². The fourth-order valence-electron chi connectivity index (χ4n) is 1.29. The highest BCUT2D eigenvalue weighted by molar-refractivity contribution is 7.95. The molecule has 2 rings (SSSR count). The first-order valence-corrected chi connectivity index (χ1v) is 9.76. The Morgan fingerprint density at radius 3 is 1.24 bits per heavy atom. The van der Waals surface area contributed by atoms with Crippen molar-refractivity contribution >= 4 is 36.0 Å². The zero-order chi connectivity index (χ0) is 22.1. The summed E-state index contributed by atoms with van der Waals surface area (Å²) in [7, 11) is 0. The van der Waals surface area contributed by atoms with E-state index in [1.165, 1.54) is 38.1 Å². The zero-order valence-corrected chi connectivity index (χ0v) is 17.6. The third-order valence-electron chi connectivity index (χ3n) is 2.50. The Balaban J connectivity index is 0.000000442. The molecule has 2 aromatic rings. The van der Waals surface area contributed by atoms with Gasteiger partial charge in [-0.3, -0.25) is 9.59 Å². The fraction of sp³-hybridized carbons (Fsp3) is 0.263. The standard InChI is InChI=1S/2C8H8O3S.C3H8O2/c2*1-6(9)11-12-8-4-2-7(10)3-5-8;4-2-1-3-5/h2*2-5,10H,1H3;4-5H,1-3H2. The van der Waals surface area contributed by atoms with Crippen LogP contribution in [0, 0.1) is 0 Å². The normalized spacial score (nSPS) is 9.24. The number of phenols is 2. The van der Waals surface area contributed by atoms with Crippen molar-refractivity contribution in [1.82, 2.24) is 0 Å². The first-order valence-electron chi connectivity index (χ1n) is 8.28. The summed E-state index contributed by atoms with van der Waals surface area (Å²) in [4.78, 5) is 22.3. The lowest BCUT2D eigenvalue weighted by Gasteiger charge is -1.98. The van der Waals surface area contributed by atoms with Crippen molar-refractivity contribution < 1.29 is 38.4 Å². The minimum Gasteiger partial charge on any atom is -0.508 e. The molecule has 29 heavy (non-hydrogen) atoms. The van der Waals surface area contributed by atoms with Gasteiger partial charge in [0.2, 0.25) is 0 Å². The third-order valence-corrected chi connectivity index (χ3v) is 4.07. The second kappa shape index (κ2) is 16.5. The Morgan fingerprint density at radius 1 is 0.724 bits per heavy atom. The van der Waals surface area contributed by atoms with E-state index in [4.69, 9.17) is 20.4 Å². The van der Waals surface area contributed by atoms with Crippen LogP contribution in [0.4, 0.5) is 0 Å². The number of hydrogen-bond acceptors (Lipinski definition) is 10. The van der Waals surface area contributed by atoms with Crippen molar-refractivity contribution in [2.75, 3.05) is 13.2 Å². The molecule has 0 amide bonds. The summed E-state index contributed by atoms with van der Waals surface area (Å²) >= 11 is 1.95. The van der Waals surface area contributed by atoms with Gasteiger partial charge in [0.1, 0.15) is 11.5 Å². The molecule has 0 aromatic heterocycles. The van der Waals surface area contributed by atoms with Crippen LogP contribution in [0.3, 0.4) is 0 Å². The van der Waals surface area contributed by atoms with Crippen molar-refractivity contribution in [3.63, 3.8) is 0 Å². The molecule has 10 heteroatoms. The van der Waals surface area contributed by atoms with Crippen molar-refractivity contribution in [3.8, 4) is 11.5 Å². The number of hydrogen-bond donors (Lipinski definition) is 4. The molecule has 0 aliphatic heterocycles. The Hall–Kier alpha value is -2.40. The van der Waals surface area contributed by atoms with E-state index in [0.717, 1.165) is 33.9 Å². The van der Waals surface area contributed by atoms with Crippen LogP contribution in [0.15, 0.2) is 58.3 Å². The van der Waals surface area contributed by atoms with Gasteiger partial charge in [-0.2, -0.15) is 0 Å². The lowest BCUT2D eigenvalue weighted by atomic mass is 10.3. The highest BCUT2D eigenvalue weighted by Crippen LogP contribution is 2.22. The van der Waals surface area contributed by atoms with Gasteiger partial charge in [-0.15, -0.1) is 0 Å². The second-order valence-corrected chi connectivity index (χ2v) is 6.71. The molecular formula is C19H24O8S2. The smallest absolute Gasteiger partial charge is 0.315 e. The van der Waals surface area contributed by atoms with Gasteiger partial charge in [-0.1, -0.05) is 0 Å². The molecule has 0 bridgehead atoms. The number of aliphatic hydroxyl groups excluding tert-OH is 2. The Bertz CT molecular complexity index is 644. The number of carbonyl (C=O) groups excluding carboxylic acids is 2. The highest BCUT2D eigenvalue weighted by Gasteiger charge is 1.98. The fourth-order valence-corrected chi connectivity index (χ4v) is 2.21. The van der Waals surface area contributed by atoms with Crippen LogP contribution < -0.4 is 0 Å². The molecular weight excluding hydrogens is 420 g/mol. The molecule has 0 spiro atoms. The third kappa shape index (κ3) is 16.3. The highest BCUT2D eigenvalue weighted by atomic mass is 32.2. The van der Waals surface area contributed by atoms with Gasteiger partial charge in [-0.25, -0.2) is 0 Å². The monoisotopic (exact) mass is 444 g/mol. The minimum atomic E-state index is -0.340. The van der Waals surface area contributed by atoms with E-state index in [9.17, 15) is 9.59 Å². The van der Waals surface area contributed by atoms with Crippen LogP contribution in [0.25, 0.3) is 0 Å². The van der Waals surface area contributed by atoms with Crippen LogP contribution >= 0.6 is 24.1 Å². The van der Waals surface area contributed by atoms with Crippen molar-refractivity contribution in [2.45, 2.75) is 30.1 Å². The molecule has 8 nitrogen and oxygen atoms in total. The minimum absolute atomic E-state index is 0.0938. The number of phenolic OH excluding ortho intramolecular Hbond substituents is 2. The maximum atomic E-state index is 10.4. The lowest BCUT2D eigenvalue weighted by molar-refractivity contribution is -0.131. The van der Waals surface area contributed by atoms with Gasteiger partial charge in [0, 0.05) is 36.9 Å². The lowest BCUT2D eigenvalue weighted by Crippen LogP contribution is -1.88. The second-order valence-electron chi connectivity index (χ2n) is 5.11. The molecule has 0 radical (unpaired) electrons. The van der Waals surface area contributed by atoms with Gasteiger partial charge in [0.15, 0.2) is 0 Å². The largest absolute Gasteiger partial charge is 0.508 e. The summed E-state index contributed by atoms with van der Waals surface area (Å²) in [5.41, 5.74) is 0. The summed E-state index contributed by atoms with van der Waals surface area (Å²) in [5, 5.41) is 33.6. The zero-order valence-electron chi connectivity index (χ0n) is 16.0. The molecule has 0 saturated heterocycles. The van der Waals surface area contributed by atoms with E-state index >= 15 is 0 Å². The van der Waals surface area contributed by atoms with Crippen LogP contribution in [0.1, 0.15) is 20.3 Å². The molecule has 160 valence electrons. The first-order chi connectivity index (χ1) is 13.8. The number of rotatable bonds is 6. The Labute approximate surface area is 177 Å². The summed E-state index contributed by atoms with van der Waals surface area (Å²) in [6, 6.07) is 12.8. The maximum absolute atomic E-state index is 10.4. The molecule has 0 atom stereocenters. The Morgan fingerprint density at radius 2 is 1.03 bits per heavy atom. The molecule has 2 aromatic carbocycles. The average molecular weight is 445 g/mol. The van der Waals surface area contributed by atoms with Crippen molar-refractivity contribution in [3.05, 3.63) is 48.5 Å². The van der Waals surface area contributed by atoms with Crippen LogP contribution in [-0.4, -0.2) is 45.6 Å². The SMILES string of the molecule is CC(=O)OSc1ccc(O)cc1.CC(=O)OSc1ccc(O)cc1.OCCCO. The molecule has 0 aliphatic rings. The maximum Gasteiger partial charge on any atom is 0.315 e. The predicted octanol–water partition coefficient (Wildman–Crippen LogP) is 3.29. The molecule has 0 unspecified atom stereocenters. The van der Waals surface area contributed by atoms with E-state index in [1.54, 1.807) is 24.3 Å². The molecule has 4 N–H and O–H groups in total. The van der Waals surface area contributed by atoms with E-state index < -0.39 is 0 Å². The summed E-state index contributed by atoms with van der Waals surface area (Å²) in [6.45, 7) is 2.87. The average Bonchev–Trinajstić information content (AvgIpc) is 2.69. The van der Waals surface area contributed by atoms with Crippen LogP contribution in [0.5, 0.6) is 11.5 Å². The van der Waals surface area contributed by atoms with E-state index in [1.807, 2.05) is 0 Å². The van der Waals surface area contributed by atoms with E-state index in [0.29, 0.717) is 6.42 Å². The molecule has 0 saturated carbocycles. The summed E-state index contributed by atoms with van der Waals surface area (Å²) in [6.07, 6.45) is 0.500.